The van der Waals surface area contributed by atoms with Crippen LogP contribution in [0.3, 0.4) is 0 Å². The minimum absolute atomic E-state index is 0. The van der Waals surface area contributed by atoms with Gasteiger partial charge in [-0.05, 0) is 35.8 Å². The van der Waals surface area contributed by atoms with Crippen LogP contribution in [0.4, 0.5) is 0 Å². The average Bonchev–Trinajstić information content (AvgIpc) is 2.91. The van der Waals surface area contributed by atoms with Crippen molar-refractivity contribution in [1.82, 2.24) is 0 Å². The SMILES string of the molecule is O=S(O)c1cccc2c(C3CCCC3)cccc12.[NaH]. The van der Waals surface area contributed by atoms with Gasteiger partial charge in [0.15, 0.2) is 11.1 Å². The van der Waals surface area contributed by atoms with E-state index in [1.165, 1.54) is 31.2 Å². The van der Waals surface area contributed by atoms with Crippen LogP contribution in [0.2, 0.25) is 0 Å². The first-order valence-electron chi connectivity index (χ1n) is 6.40. The van der Waals surface area contributed by atoms with Crippen molar-refractivity contribution < 1.29 is 8.76 Å². The van der Waals surface area contributed by atoms with Crippen molar-refractivity contribution in [3.63, 3.8) is 0 Å². The normalized spacial score (nSPS) is 17.3. The van der Waals surface area contributed by atoms with E-state index in [1.807, 2.05) is 18.2 Å². The molecule has 2 aromatic carbocycles. The van der Waals surface area contributed by atoms with E-state index in [9.17, 15) is 8.76 Å². The number of benzene rings is 2. The quantitative estimate of drug-likeness (QED) is 0.677. The maximum atomic E-state index is 11.4. The van der Waals surface area contributed by atoms with E-state index < -0.39 is 11.1 Å². The molecule has 1 aliphatic rings. The molecule has 19 heavy (non-hydrogen) atoms. The van der Waals surface area contributed by atoms with Gasteiger partial charge in [-0.25, -0.2) is 4.21 Å². The Labute approximate surface area is 138 Å². The summed E-state index contributed by atoms with van der Waals surface area (Å²) in [5.74, 6) is 0.621. The second-order valence-corrected chi connectivity index (χ2v) is 5.87. The molecule has 0 heterocycles. The molecule has 0 amide bonds. The zero-order valence-electron chi connectivity index (χ0n) is 10.1. The molecule has 1 N–H and O–H groups in total. The third kappa shape index (κ3) is 2.96. The zero-order chi connectivity index (χ0) is 12.5. The van der Waals surface area contributed by atoms with Gasteiger partial charge in [0.25, 0.3) is 0 Å². The summed E-state index contributed by atoms with van der Waals surface area (Å²) >= 11 is -1.91. The molecule has 1 fully saturated rings. The topological polar surface area (TPSA) is 37.3 Å². The Kier molecular flexibility index (Phi) is 5.21. The third-order valence-corrected chi connectivity index (χ3v) is 4.63. The van der Waals surface area contributed by atoms with Crippen LogP contribution in [0.15, 0.2) is 41.3 Å². The second kappa shape index (κ2) is 6.51. The van der Waals surface area contributed by atoms with Crippen LogP contribution in [-0.2, 0) is 11.1 Å². The van der Waals surface area contributed by atoms with Crippen LogP contribution in [0.25, 0.3) is 10.8 Å². The molecule has 1 unspecified atom stereocenters. The van der Waals surface area contributed by atoms with E-state index in [0.717, 1.165) is 10.8 Å². The number of hydrogen-bond donors (Lipinski definition) is 1. The summed E-state index contributed by atoms with van der Waals surface area (Å²) in [5.41, 5.74) is 1.34. The summed E-state index contributed by atoms with van der Waals surface area (Å²) in [6.45, 7) is 0. The van der Waals surface area contributed by atoms with E-state index >= 15 is 0 Å². The van der Waals surface area contributed by atoms with Crippen molar-refractivity contribution in [1.29, 1.82) is 0 Å². The number of rotatable bonds is 2. The van der Waals surface area contributed by atoms with E-state index in [4.69, 9.17) is 0 Å². The summed E-state index contributed by atoms with van der Waals surface area (Å²) in [7, 11) is 0. The Morgan fingerprint density at radius 1 is 1.00 bits per heavy atom. The van der Waals surface area contributed by atoms with Crippen molar-refractivity contribution in [2.24, 2.45) is 0 Å². The summed E-state index contributed by atoms with van der Waals surface area (Å²) < 4.78 is 20.7. The Morgan fingerprint density at radius 3 is 2.32 bits per heavy atom. The first-order valence-corrected chi connectivity index (χ1v) is 7.50. The fraction of sp³-hybridized carbons (Fsp3) is 0.333. The molecule has 1 aliphatic carbocycles. The van der Waals surface area contributed by atoms with Gasteiger partial charge in [0.1, 0.15) is 0 Å². The van der Waals surface area contributed by atoms with E-state index in [0.29, 0.717) is 10.8 Å². The van der Waals surface area contributed by atoms with Crippen molar-refractivity contribution >= 4 is 51.4 Å². The molecular formula is C15H17NaO2S. The van der Waals surface area contributed by atoms with Crippen LogP contribution in [0.5, 0.6) is 0 Å². The molecule has 0 bridgehead atoms. The van der Waals surface area contributed by atoms with Gasteiger partial charge in [0.2, 0.25) is 0 Å². The Bertz CT molecular complexity index is 606. The first-order chi connectivity index (χ1) is 8.77. The number of fused-ring (bicyclic) bond motifs is 1. The third-order valence-electron chi connectivity index (χ3n) is 3.90. The van der Waals surface area contributed by atoms with Gasteiger partial charge in [0.05, 0.1) is 4.90 Å². The fourth-order valence-electron chi connectivity index (χ4n) is 3.05. The summed E-state index contributed by atoms with van der Waals surface area (Å²) in [6, 6.07) is 11.8. The van der Waals surface area contributed by atoms with Crippen molar-refractivity contribution in [3.8, 4) is 0 Å². The van der Waals surface area contributed by atoms with E-state index in [-0.39, 0.29) is 29.6 Å². The van der Waals surface area contributed by atoms with E-state index in [1.54, 1.807) is 6.07 Å². The monoisotopic (exact) mass is 284 g/mol. The molecule has 4 heteroatoms. The Hall–Kier alpha value is -0.190. The molecular weight excluding hydrogens is 267 g/mol. The predicted molar refractivity (Wildman–Crippen MR) is 81.3 cm³/mol. The summed E-state index contributed by atoms with van der Waals surface area (Å²) in [5, 5.41) is 2.06. The first kappa shape index (κ1) is 15.2. The van der Waals surface area contributed by atoms with Gasteiger partial charge in [-0.1, -0.05) is 43.2 Å². The molecule has 1 atom stereocenters. The molecule has 0 saturated heterocycles. The van der Waals surface area contributed by atoms with Gasteiger partial charge < -0.3 is 4.55 Å². The van der Waals surface area contributed by atoms with Gasteiger partial charge >= 0.3 is 29.6 Å². The van der Waals surface area contributed by atoms with Crippen molar-refractivity contribution in [3.05, 3.63) is 42.0 Å². The van der Waals surface area contributed by atoms with Crippen molar-refractivity contribution in [2.45, 2.75) is 36.5 Å². The van der Waals surface area contributed by atoms with Crippen LogP contribution >= 0.6 is 0 Å². The Morgan fingerprint density at radius 2 is 1.63 bits per heavy atom. The van der Waals surface area contributed by atoms with Gasteiger partial charge in [0, 0.05) is 5.39 Å². The van der Waals surface area contributed by atoms with Crippen LogP contribution in [0.1, 0.15) is 37.2 Å². The average molecular weight is 284 g/mol. The van der Waals surface area contributed by atoms with Gasteiger partial charge in [-0.15, -0.1) is 0 Å². The summed E-state index contributed by atoms with van der Waals surface area (Å²) in [6.07, 6.45) is 5.08. The van der Waals surface area contributed by atoms with Crippen LogP contribution in [-0.4, -0.2) is 38.3 Å². The summed E-state index contributed by atoms with van der Waals surface area (Å²) in [4.78, 5) is 0.521. The fourth-order valence-corrected chi connectivity index (χ4v) is 3.61. The molecule has 0 aliphatic heterocycles. The molecule has 3 rings (SSSR count). The van der Waals surface area contributed by atoms with E-state index in [2.05, 4.69) is 12.1 Å². The standard InChI is InChI=1S/C15H16O2S.Na.H/c16-18(17)15-10-4-8-13-12(7-3-9-14(13)15)11-5-1-2-6-11;;/h3-4,7-11H,1-2,5-6H2,(H,16,17);;. The molecule has 96 valence electrons. The second-order valence-electron chi connectivity index (χ2n) is 4.93. The molecule has 2 aromatic rings. The van der Waals surface area contributed by atoms with Gasteiger partial charge in [-0.2, -0.15) is 0 Å². The Balaban J connectivity index is 0.00000133. The molecule has 1 saturated carbocycles. The van der Waals surface area contributed by atoms with Gasteiger partial charge in [-0.3, -0.25) is 0 Å². The zero-order valence-corrected chi connectivity index (χ0v) is 11.0. The van der Waals surface area contributed by atoms with Crippen LogP contribution in [0, 0.1) is 0 Å². The molecule has 0 spiro atoms. The van der Waals surface area contributed by atoms with Crippen molar-refractivity contribution in [2.75, 3.05) is 0 Å². The van der Waals surface area contributed by atoms with Crippen LogP contribution < -0.4 is 0 Å². The number of hydrogen-bond acceptors (Lipinski definition) is 1. The molecule has 0 radical (unpaired) electrons. The maximum absolute atomic E-state index is 11.4. The molecule has 2 nitrogen and oxygen atoms in total. The molecule has 0 aromatic heterocycles. The predicted octanol–water partition coefficient (Wildman–Crippen LogP) is 3.43. The minimum atomic E-state index is -1.91.